The van der Waals surface area contributed by atoms with E-state index in [1.54, 1.807) is 12.1 Å². The van der Waals surface area contributed by atoms with Crippen LogP contribution in [0, 0.1) is 6.92 Å². The predicted molar refractivity (Wildman–Crippen MR) is 91.5 cm³/mol. The number of fused-ring (bicyclic) bond motifs is 1. The van der Waals surface area contributed by atoms with Crippen molar-refractivity contribution in [3.8, 4) is 0 Å². The molecule has 23 heavy (non-hydrogen) atoms. The van der Waals surface area contributed by atoms with Gasteiger partial charge in [0.15, 0.2) is 0 Å². The van der Waals surface area contributed by atoms with Crippen LogP contribution in [0.5, 0.6) is 0 Å². The Morgan fingerprint density at radius 1 is 1.30 bits per heavy atom. The molecule has 0 unspecified atom stereocenters. The normalized spacial score (nSPS) is 16.2. The van der Waals surface area contributed by atoms with Gasteiger partial charge in [0.1, 0.15) is 11.5 Å². The van der Waals surface area contributed by atoms with Gasteiger partial charge in [-0.3, -0.25) is 4.40 Å². The number of carbonyl (C=O) groups is 1. The number of pyridine rings is 1. The van der Waals surface area contributed by atoms with Crippen LogP contribution in [-0.4, -0.2) is 26.5 Å². The van der Waals surface area contributed by atoms with E-state index < -0.39 is 5.97 Å². The third kappa shape index (κ3) is 3.05. The third-order valence-electron chi connectivity index (χ3n) is 4.67. The quantitative estimate of drug-likeness (QED) is 0.887. The van der Waals surface area contributed by atoms with Gasteiger partial charge in [0.05, 0.1) is 11.3 Å². The second-order valence-electron chi connectivity index (χ2n) is 6.86. The minimum absolute atomic E-state index is 0.286. The lowest BCUT2D eigenvalue weighted by atomic mass is 9.95. The van der Waals surface area contributed by atoms with E-state index in [2.05, 4.69) is 23.6 Å². The largest absolute Gasteiger partial charge is 0.478 e. The fourth-order valence-electron chi connectivity index (χ4n) is 3.48. The van der Waals surface area contributed by atoms with Crippen LogP contribution in [0.2, 0.25) is 0 Å². The van der Waals surface area contributed by atoms with Crippen LogP contribution in [0.3, 0.4) is 0 Å². The molecule has 5 heteroatoms. The lowest BCUT2D eigenvalue weighted by molar-refractivity contribution is 0.0696. The zero-order valence-corrected chi connectivity index (χ0v) is 14.1. The van der Waals surface area contributed by atoms with Gasteiger partial charge in [-0.1, -0.05) is 33.1 Å². The maximum absolute atomic E-state index is 11.3. The Labute approximate surface area is 136 Å². The van der Waals surface area contributed by atoms with E-state index in [0.29, 0.717) is 17.3 Å². The van der Waals surface area contributed by atoms with Gasteiger partial charge >= 0.3 is 5.97 Å². The standard InChI is InChI=1S/C18H25N3O2/c1-11(2)16-17(19-14-7-5-4-6-8-14)21-12(3)9-13(18(22)23)10-15(21)20-16/h9-11,14,19H,4-8H2,1-3H3,(H,22,23). The summed E-state index contributed by atoms with van der Waals surface area (Å²) in [5, 5.41) is 13.0. The molecular formula is C18H25N3O2. The van der Waals surface area contributed by atoms with Crippen molar-refractivity contribution in [3.63, 3.8) is 0 Å². The monoisotopic (exact) mass is 315 g/mol. The fourth-order valence-corrected chi connectivity index (χ4v) is 3.48. The van der Waals surface area contributed by atoms with E-state index in [4.69, 9.17) is 4.98 Å². The average Bonchev–Trinajstić information content (AvgIpc) is 2.87. The molecule has 124 valence electrons. The lowest BCUT2D eigenvalue weighted by Crippen LogP contribution is -2.24. The van der Waals surface area contributed by atoms with Gasteiger partial charge < -0.3 is 10.4 Å². The minimum Gasteiger partial charge on any atom is -0.478 e. The predicted octanol–water partition coefficient (Wildman–Crippen LogP) is 4.21. The molecule has 0 spiro atoms. The Hall–Kier alpha value is -2.04. The molecule has 3 rings (SSSR count). The molecule has 0 radical (unpaired) electrons. The first-order valence-corrected chi connectivity index (χ1v) is 8.50. The number of anilines is 1. The molecule has 2 N–H and O–H groups in total. The zero-order chi connectivity index (χ0) is 16.6. The number of carboxylic acid groups (broad SMARTS) is 1. The molecule has 0 aromatic carbocycles. The first kappa shape index (κ1) is 15.8. The summed E-state index contributed by atoms with van der Waals surface area (Å²) in [6.45, 7) is 6.19. The van der Waals surface area contributed by atoms with Gasteiger partial charge in [0, 0.05) is 11.7 Å². The first-order valence-electron chi connectivity index (χ1n) is 8.50. The molecule has 1 aliphatic carbocycles. The number of hydrogen-bond donors (Lipinski definition) is 2. The second kappa shape index (κ2) is 6.22. The van der Waals surface area contributed by atoms with Crippen LogP contribution in [0.15, 0.2) is 12.1 Å². The molecule has 2 heterocycles. The van der Waals surface area contributed by atoms with Gasteiger partial charge in [-0.25, -0.2) is 9.78 Å². The third-order valence-corrected chi connectivity index (χ3v) is 4.67. The van der Waals surface area contributed by atoms with Gasteiger partial charge in [0.2, 0.25) is 0 Å². The number of aromatic nitrogens is 2. The van der Waals surface area contributed by atoms with E-state index in [1.807, 2.05) is 6.92 Å². The van der Waals surface area contributed by atoms with Crippen LogP contribution < -0.4 is 5.32 Å². The summed E-state index contributed by atoms with van der Waals surface area (Å²) in [6, 6.07) is 3.86. The molecule has 0 amide bonds. The lowest BCUT2D eigenvalue weighted by Gasteiger charge is -2.25. The smallest absolute Gasteiger partial charge is 0.335 e. The maximum Gasteiger partial charge on any atom is 0.335 e. The molecule has 5 nitrogen and oxygen atoms in total. The van der Waals surface area contributed by atoms with Crippen molar-refractivity contribution in [2.45, 2.75) is 64.8 Å². The molecule has 0 bridgehead atoms. The van der Waals surface area contributed by atoms with E-state index >= 15 is 0 Å². The van der Waals surface area contributed by atoms with Crippen LogP contribution >= 0.6 is 0 Å². The van der Waals surface area contributed by atoms with Gasteiger partial charge in [-0.05, 0) is 37.8 Å². The number of aromatic carboxylic acids is 1. The fraction of sp³-hybridized carbons (Fsp3) is 0.556. The highest BCUT2D eigenvalue weighted by molar-refractivity contribution is 5.89. The van der Waals surface area contributed by atoms with E-state index in [0.717, 1.165) is 17.2 Å². The van der Waals surface area contributed by atoms with E-state index in [-0.39, 0.29) is 5.92 Å². The SMILES string of the molecule is Cc1cc(C(=O)O)cc2nc(C(C)C)c(NC3CCCCC3)n12. The highest BCUT2D eigenvalue weighted by Crippen LogP contribution is 2.30. The van der Waals surface area contributed by atoms with E-state index in [9.17, 15) is 9.90 Å². The maximum atomic E-state index is 11.3. The molecule has 2 aromatic rings. The molecule has 2 aromatic heterocycles. The van der Waals surface area contributed by atoms with Crippen LogP contribution in [-0.2, 0) is 0 Å². The topological polar surface area (TPSA) is 66.6 Å². The average molecular weight is 315 g/mol. The molecule has 1 saturated carbocycles. The Bertz CT molecular complexity index is 727. The van der Waals surface area contributed by atoms with Gasteiger partial charge in [-0.15, -0.1) is 0 Å². The summed E-state index contributed by atoms with van der Waals surface area (Å²) in [5.74, 6) is 0.413. The number of imidazole rings is 1. The summed E-state index contributed by atoms with van der Waals surface area (Å²) in [6.07, 6.45) is 6.25. The Morgan fingerprint density at radius 3 is 2.61 bits per heavy atom. The van der Waals surface area contributed by atoms with Gasteiger partial charge in [-0.2, -0.15) is 0 Å². The molecule has 0 aliphatic heterocycles. The summed E-state index contributed by atoms with van der Waals surface area (Å²) in [7, 11) is 0. The number of nitrogens with zero attached hydrogens (tertiary/aromatic N) is 2. The zero-order valence-electron chi connectivity index (χ0n) is 14.1. The van der Waals surface area contributed by atoms with Crippen molar-refractivity contribution in [2.24, 2.45) is 0 Å². The van der Waals surface area contributed by atoms with Crippen molar-refractivity contribution in [3.05, 3.63) is 29.1 Å². The van der Waals surface area contributed by atoms with Crippen molar-refractivity contribution in [2.75, 3.05) is 5.32 Å². The van der Waals surface area contributed by atoms with E-state index in [1.165, 1.54) is 32.1 Å². The van der Waals surface area contributed by atoms with Crippen molar-refractivity contribution < 1.29 is 9.90 Å². The van der Waals surface area contributed by atoms with Gasteiger partial charge in [0.25, 0.3) is 0 Å². The summed E-state index contributed by atoms with van der Waals surface area (Å²) in [4.78, 5) is 16.0. The minimum atomic E-state index is -0.911. The first-order chi connectivity index (χ1) is 11.0. The van der Waals surface area contributed by atoms with Crippen molar-refractivity contribution in [1.82, 2.24) is 9.38 Å². The van der Waals surface area contributed by atoms with Crippen molar-refractivity contribution >= 4 is 17.4 Å². The second-order valence-corrected chi connectivity index (χ2v) is 6.86. The molecule has 0 saturated heterocycles. The van der Waals surface area contributed by atoms with Crippen LogP contribution in [0.1, 0.15) is 73.6 Å². The van der Waals surface area contributed by atoms with Crippen molar-refractivity contribution in [1.29, 1.82) is 0 Å². The number of carboxylic acids is 1. The van der Waals surface area contributed by atoms with Crippen LogP contribution in [0.4, 0.5) is 5.82 Å². The molecule has 1 aliphatic rings. The Balaban J connectivity index is 2.09. The summed E-state index contributed by atoms with van der Waals surface area (Å²) < 4.78 is 2.07. The number of rotatable bonds is 4. The summed E-state index contributed by atoms with van der Waals surface area (Å²) in [5.41, 5.74) is 2.92. The highest BCUT2D eigenvalue weighted by Gasteiger charge is 2.21. The highest BCUT2D eigenvalue weighted by atomic mass is 16.4. The molecular weight excluding hydrogens is 290 g/mol. The number of hydrogen-bond acceptors (Lipinski definition) is 3. The Morgan fingerprint density at radius 2 is 2.00 bits per heavy atom. The number of nitrogens with one attached hydrogen (secondary N) is 1. The molecule has 0 atom stereocenters. The summed E-state index contributed by atoms with van der Waals surface area (Å²) >= 11 is 0. The Kier molecular flexibility index (Phi) is 4.28. The molecule has 1 fully saturated rings. The van der Waals surface area contributed by atoms with Crippen LogP contribution in [0.25, 0.3) is 5.65 Å². The number of aryl methyl sites for hydroxylation is 1.